The summed E-state index contributed by atoms with van der Waals surface area (Å²) in [6.07, 6.45) is 1.20. The molecular formula is C11H17ClN2O2S. The van der Waals surface area contributed by atoms with Crippen LogP contribution in [0.4, 0.5) is 0 Å². The Hall–Kier alpha value is -0.620. The van der Waals surface area contributed by atoms with Gasteiger partial charge in [0.05, 0.1) is 10.8 Å². The fraction of sp³-hybridized carbons (Fsp3) is 0.455. The molecule has 0 aromatic heterocycles. The minimum absolute atomic E-state index is 0.491. The molecule has 4 nitrogen and oxygen atoms in total. The molecule has 0 saturated heterocycles. The summed E-state index contributed by atoms with van der Waals surface area (Å²) in [5, 5.41) is 0.599. The number of rotatable bonds is 4. The third kappa shape index (κ3) is 2.98. The van der Waals surface area contributed by atoms with Gasteiger partial charge in [0.2, 0.25) is 0 Å². The molecule has 0 aliphatic heterocycles. The van der Waals surface area contributed by atoms with Crippen molar-refractivity contribution in [3.63, 3.8) is 0 Å². The molecule has 0 aliphatic carbocycles. The van der Waals surface area contributed by atoms with Gasteiger partial charge in [0.1, 0.15) is 0 Å². The second-order valence-corrected chi connectivity index (χ2v) is 7.56. The third-order valence-corrected chi connectivity index (χ3v) is 5.42. The Kier molecular flexibility index (Phi) is 4.19. The van der Waals surface area contributed by atoms with Gasteiger partial charge in [-0.15, -0.1) is 0 Å². The van der Waals surface area contributed by atoms with Gasteiger partial charge in [-0.3, -0.25) is 11.3 Å². The molecule has 0 heterocycles. The standard InChI is InChI=1S/C11H17ClN2O2S/c1-11(2,17(3,15)16)10(14-13)8-4-6-9(12)7-5-8/h4-7,10,14H,13H2,1-3H3. The third-order valence-electron chi connectivity index (χ3n) is 3.02. The van der Waals surface area contributed by atoms with E-state index in [2.05, 4.69) is 5.43 Å². The van der Waals surface area contributed by atoms with Crippen LogP contribution in [0.1, 0.15) is 25.5 Å². The molecule has 0 amide bonds. The van der Waals surface area contributed by atoms with Crippen LogP contribution in [0.5, 0.6) is 0 Å². The highest BCUT2D eigenvalue weighted by Gasteiger charge is 2.39. The Balaban J connectivity index is 3.21. The lowest BCUT2D eigenvalue weighted by Gasteiger charge is -2.32. The van der Waals surface area contributed by atoms with Gasteiger partial charge >= 0.3 is 0 Å². The lowest BCUT2D eigenvalue weighted by atomic mass is 9.96. The molecule has 3 N–H and O–H groups in total. The Bertz CT molecular complexity index is 483. The van der Waals surface area contributed by atoms with E-state index in [-0.39, 0.29) is 0 Å². The van der Waals surface area contributed by atoms with Crippen LogP contribution in [0.3, 0.4) is 0 Å². The van der Waals surface area contributed by atoms with Gasteiger partial charge in [-0.1, -0.05) is 23.7 Å². The molecular weight excluding hydrogens is 260 g/mol. The molecule has 0 spiro atoms. The number of hydrazine groups is 1. The van der Waals surface area contributed by atoms with Crippen molar-refractivity contribution in [1.29, 1.82) is 0 Å². The van der Waals surface area contributed by atoms with Crippen LogP contribution in [0.15, 0.2) is 24.3 Å². The average Bonchev–Trinajstić information content (AvgIpc) is 2.20. The molecule has 1 rings (SSSR count). The highest BCUT2D eigenvalue weighted by Crippen LogP contribution is 2.31. The summed E-state index contributed by atoms with van der Waals surface area (Å²) in [6.45, 7) is 3.28. The number of nitrogens with two attached hydrogens (primary N) is 1. The highest BCUT2D eigenvalue weighted by atomic mass is 35.5. The van der Waals surface area contributed by atoms with Crippen molar-refractivity contribution in [2.24, 2.45) is 5.84 Å². The lowest BCUT2D eigenvalue weighted by molar-refractivity contribution is 0.427. The molecule has 1 unspecified atom stereocenters. The average molecular weight is 277 g/mol. The summed E-state index contributed by atoms with van der Waals surface area (Å²) < 4.78 is 22.5. The van der Waals surface area contributed by atoms with E-state index in [0.717, 1.165) is 5.56 Å². The number of halogens is 1. The predicted molar refractivity (Wildman–Crippen MR) is 70.4 cm³/mol. The van der Waals surface area contributed by atoms with E-state index in [1.807, 2.05) is 0 Å². The molecule has 0 radical (unpaired) electrons. The van der Waals surface area contributed by atoms with Crippen molar-refractivity contribution in [3.05, 3.63) is 34.9 Å². The molecule has 0 aliphatic rings. The second kappa shape index (κ2) is 4.94. The van der Waals surface area contributed by atoms with Crippen molar-refractivity contribution in [2.75, 3.05) is 6.26 Å². The zero-order valence-electron chi connectivity index (χ0n) is 10.1. The molecule has 0 saturated carbocycles. The number of nitrogens with one attached hydrogen (secondary N) is 1. The number of sulfone groups is 1. The maximum absolute atomic E-state index is 11.8. The van der Waals surface area contributed by atoms with Gasteiger partial charge in [-0.05, 0) is 31.5 Å². The van der Waals surface area contributed by atoms with Gasteiger partial charge in [-0.2, -0.15) is 0 Å². The lowest BCUT2D eigenvalue weighted by Crippen LogP contribution is -2.47. The second-order valence-electron chi connectivity index (χ2n) is 4.53. The molecule has 17 heavy (non-hydrogen) atoms. The molecule has 1 aromatic carbocycles. The highest BCUT2D eigenvalue weighted by molar-refractivity contribution is 7.92. The van der Waals surface area contributed by atoms with E-state index in [1.54, 1.807) is 38.1 Å². The van der Waals surface area contributed by atoms with Crippen LogP contribution < -0.4 is 11.3 Å². The summed E-state index contributed by atoms with van der Waals surface area (Å²) in [6, 6.07) is 6.45. The topological polar surface area (TPSA) is 72.2 Å². The summed E-state index contributed by atoms with van der Waals surface area (Å²) in [5.41, 5.74) is 3.35. The van der Waals surface area contributed by atoms with Crippen LogP contribution in [-0.2, 0) is 9.84 Å². The quantitative estimate of drug-likeness (QED) is 0.648. The van der Waals surface area contributed by atoms with Crippen molar-refractivity contribution < 1.29 is 8.42 Å². The van der Waals surface area contributed by atoms with Crippen molar-refractivity contribution in [2.45, 2.75) is 24.6 Å². The summed E-state index contributed by atoms with van der Waals surface area (Å²) in [5.74, 6) is 5.48. The largest absolute Gasteiger partial charge is 0.271 e. The van der Waals surface area contributed by atoms with E-state index in [4.69, 9.17) is 17.4 Å². The molecule has 6 heteroatoms. The Morgan fingerprint density at radius 3 is 2.12 bits per heavy atom. The van der Waals surface area contributed by atoms with Crippen LogP contribution in [0.25, 0.3) is 0 Å². The van der Waals surface area contributed by atoms with Gasteiger partial charge in [0.15, 0.2) is 9.84 Å². The van der Waals surface area contributed by atoms with Crippen LogP contribution in [0.2, 0.25) is 5.02 Å². The maximum atomic E-state index is 11.8. The first-order valence-corrected chi connectivity index (χ1v) is 7.38. The molecule has 96 valence electrons. The predicted octanol–water partition coefficient (Wildman–Crippen LogP) is 1.67. The van der Waals surface area contributed by atoms with Gasteiger partial charge in [0.25, 0.3) is 0 Å². The van der Waals surface area contributed by atoms with Crippen LogP contribution in [-0.4, -0.2) is 19.4 Å². The van der Waals surface area contributed by atoms with Gasteiger partial charge in [0, 0.05) is 11.3 Å². The zero-order valence-corrected chi connectivity index (χ0v) is 11.6. The Morgan fingerprint density at radius 2 is 1.76 bits per heavy atom. The van der Waals surface area contributed by atoms with Crippen molar-refractivity contribution in [3.8, 4) is 0 Å². The van der Waals surface area contributed by atoms with Gasteiger partial charge in [-0.25, -0.2) is 8.42 Å². The number of hydrogen-bond donors (Lipinski definition) is 2. The first-order valence-electron chi connectivity index (χ1n) is 5.11. The monoisotopic (exact) mass is 276 g/mol. The van der Waals surface area contributed by atoms with E-state index in [1.165, 1.54) is 6.26 Å². The Labute approximate surface area is 107 Å². The van der Waals surface area contributed by atoms with E-state index in [0.29, 0.717) is 5.02 Å². The van der Waals surface area contributed by atoms with Gasteiger partial charge < -0.3 is 0 Å². The molecule has 0 bridgehead atoms. The number of benzene rings is 1. The van der Waals surface area contributed by atoms with Crippen molar-refractivity contribution in [1.82, 2.24) is 5.43 Å². The maximum Gasteiger partial charge on any atom is 0.154 e. The smallest absolute Gasteiger partial charge is 0.154 e. The normalized spacial score (nSPS) is 14.6. The molecule has 0 fully saturated rings. The SMILES string of the molecule is CC(C)(C(NN)c1ccc(Cl)cc1)S(C)(=O)=O. The zero-order chi connectivity index (χ0) is 13.3. The first kappa shape index (κ1) is 14.4. The minimum atomic E-state index is -3.25. The summed E-state index contributed by atoms with van der Waals surface area (Å²) in [7, 11) is -3.25. The summed E-state index contributed by atoms with van der Waals surface area (Å²) in [4.78, 5) is 0. The van der Waals surface area contributed by atoms with E-state index >= 15 is 0 Å². The van der Waals surface area contributed by atoms with Crippen LogP contribution >= 0.6 is 11.6 Å². The van der Waals surface area contributed by atoms with E-state index in [9.17, 15) is 8.42 Å². The van der Waals surface area contributed by atoms with E-state index < -0.39 is 20.6 Å². The fourth-order valence-corrected chi connectivity index (χ4v) is 2.33. The molecule has 1 atom stereocenters. The number of hydrogen-bond acceptors (Lipinski definition) is 4. The molecule has 1 aromatic rings. The van der Waals surface area contributed by atoms with Crippen molar-refractivity contribution >= 4 is 21.4 Å². The minimum Gasteiger partial charge on any atom is -0.271 e. The fourth-order valence-electron chi connectivity index (χ4n) is 1.57. The Morgan fingerprint density at radius 1 is 1.29 bits per heavy atom. The van der Waals surface area contributed by atoms with Crippen LogP contribution in [0, 0.1) is 0 Å². The summed E-state index contributed by atoms with van der Waals surface area (Å²) >= 11 is 5.79. The first-order chi connectivity index (χ1) is 7.70.